The van der Waals surface area contributed by atoms with E-state index in [4.69, 9.17) is 5.73 Å². The summed E-state index contributed by atoms with van der Waals surface area (Å²) in [5, 5.41) is 25.8. The average Bonchev–Trinajstić information content (AvgIpc) is 3.80. The van der Waals surface area contributed by atoms with Gasteiger partial charge in [-0.3, -0.25) is 29.0 Å². The molecular weight excluding hydrogens is 652 g/mol. The average molecular weight is 701 g/mol. The first-order valence-corrected chi connectivity index (χ1v) is 18.1. The van der Waals surface area contributed by atoms with Gasteiger partial charge in [-0.25, -0.2) is 4.68 Å². The number of hydrogen-bond acceptors (Lipinski definition) is 9. The Morgan fingerprint density at radius 1 is 1.02 bits per heavy atom. The van der Waals surface area contributed by atoms with E-state index in [0.29, 0.717) is 30.5 Å². The third kappa shape index (κ3) is 7.80. The molecule has 6 rings (SSSR count). The van der Waals surface area contributed by atoms with Crippen LogP contribution in [0.3, 0.4) is 0 Å². The van der Waals surface area contributed by atoms with Crippen molar-refractivity contribution in [3.05, 3.63) is 54.0 Å². The Morgan fingerprint density at radius 2 is 1.73 bits per heavy atom. The molecule has 0 spiro atoms. The number of nitrogens with zero attached hydrogens (tertiary/aromatic N) is 5. The number of carbonyl (C=O) groups is 5. The van der Waals surface area contributed by atoms with E-state index in [1.165, 1.54) is 22.0 Å². The van der Waals surface area contributed by atoms with Crippen LogP contribution in [0.15, 0.2) is 42.7 Å². The molecule has 3 atom stereocenters. The summed E-state index contributed by atoms with van der Waals surface area (Å²) in [5.41, 5.74) is 4.15. The first-order chi connectivity index (χ1) is 24.4. The molecule has 2 aromatic heterocycles. The highest BCUT2D eigenvalue weighted by Gasteiger charge is 2.49. The van der Waals surface area contributed by atoms with Gasteiger partial charge in [0.2, 0.25) is 17.6 Å². The number of fused-ring (bicyclic) bond motifs is 1. The fourth-order valence-corrected chi connectivity index (χ4v) is 8.17. The van der Waals surface area contributed by atoms with Gasteiger partial charge in [-0.2, -0.15) is 0 Å². The molecule has 4 amide bonds. The monoisotopic (exact) mass is 700 g/mol. The molecule has 14 nitrogen and oxygen atoms in total. The number of ketones is 1. The molecule has 14 heteroatoms. The lowest BCUT2D eigenvalue weighted by Gasteiger charge is -2.38. The number of Topliss-reactive ketones (excluding diaryl/α,β-unsaturated/α-hetero) is 1. The van der Waals surface area contributed by atoms with Crippen LogP contribution in [0.4, 0.5) is 0 Å². The predicted octanol–water partition coefficient (Wildman–Crippen LogP) is 2.84. The van der Waals surface area contributed by atoms with E-state index in [1.807, 2.05) is 24.3 Å². The second-order valence-corrected chi connectivity index (χ2v) is 15.0. The highest BCUT2D eigenvalue weighted by Crippen LogP contribution is 2.35. The van der Waals surface area contributed by atoms with Crippen molar-refractivity contribution in [2.24, 2.45) is 11.7 Å². The fraction of sp³-hybridized carbons (Fsp3) is 0.568. The Labute approximate surface area is 296 Å². The summed E-state index contributed by atoms with van der Waals surface area (Å²) in [7, 11) is 0. The van der Waals surface area contributed by atoms with E-state index in [1.54, 1.807) is 19.9 Å². The third-order valence-electron chi connectivity index (χ3n) is 10.9. The van der Waals surface area contributed by atoms with Crippen molar-refractivity contribution >= 4 is 40.3 Å². The molecular formula is C37H48N8O6. The first kappa shape index (κ1) is 36.1. The Balaban J connectivity index is 1.33. The van der Waals surface area contributed by atoms with Crippen molar-refractivity contribution in [1.82, 2.24) is 35.5 Å². The van der Waals surface area contributed by atoms with E-state index in [9.17, 15) is 29.1 Å². The number of nitrogens with two attached hydrogens (primary N) is 1. The van der Waals surface area contributed by atoms with E-state index in [-0.39, 0.29) is 31.7 Å². The highest BCUT2D eigenvalue weighted by atomic mass is 16.3. The maximum Gasteiger partial charge on any atom is 0.287 e. The van der Waals surface area contributed by atoms with Crippen LogP contribution in [0.1, 0.15) is 113 Å². The zero-order chi connectivity index (χ0) is 36.3. The Morgan fingerprint density at radius 3 is 2.43 bits per heavy atom. The van der Waals surface area contributed by atoms with Crippen LogP contribution in [0, 0.1) is 5.92 Å². The molecule has 1 aliphatic heterocycles. The lowest BCUT2D eigenvalue weighted by atomic mass is 9.78. The molecule has 1 saturated heterocycles. The summed E-state index contributed by atoms with van der Waals surface area (Å²) in [6.45, 7) is 3.24. The number of amides is 4. The number of para-hydroxylation sites is 1. The molecule has 3 aromatic rings. The maximum atomic E-state index is 14.8. The number of aliphatic hydroxyl groups is 1. The van der Waals surface area contributed by atoms with E-state index >= 15 is 0 Å². The lowest BCUT2D eigenvalue weighted by molar-refractivity contribution is -0.145. The van der Waals surface area contributed by atoms with Crippen LogP contribution in [-0.2, 0) is 24.8 Å². The minimum Gasteiger partial charge on any atom is -0.384 e. The largest absolute Gasteiger partial charge is 0.384 e. The molecule has 3 aliphatic rings. The molecule has 51 heavy (non-hydrogen) atoms. The number of pyridine rings is 1. The zero-order valence-electron chi connectivity index (χ0n) is 29.3. The SMILES string of the molecule is CC(C)(O)c1cnnn1[C@H]1C[C@@H](C(=O)NC2(C(=O)C(N)=O)CCCCC2)N(C(=O)[C@@H](CC2CCCCC2)NC(=O)c2cnc3ccccc3c2)C1. The number of carbonyl (C=O) groups excluding carboxylic acids is 5. The van der Waals surface area contributed by atoms with Crippen molar-refractivity contribution < 1.29 is 29.1 Å². The molecule has 0 unspecified atom stereocenters. The number of aromatic nitrogens is 4. The smallest absolute Gasteiger partial charge is 0.287 e. The van der Waals surface area contributed by atoms with Crippen molar-refractivity contribution in [3.8, 4) is 0 Å². The van der Waals surface area contributed by atoms with Gasteiger partial charge in [0.05, 0.1) is 29.0 Å². The zero-order valence-corrected chi connectivity index (χ0v) is 29.3. The first-order valence-electron chi connectivity index (χ1n) is 18.1. The van der Waals surface area contributed by atoms with Crippen molar-refractivity contribution in [2.45, 2.75) is 120 Å². The van der Waals surface area contributed by atoms with Gasteiger partial charge in [0, 0.05) is 24.5 Å². The fourth-order valence-electron chi connectivity index (χ4n) is 8.17. The van der Waals surface area contributed by atoms with Crippen molar-refractivity contribution in [3.63, 3.8) is 0 Å². The number of hydrogen-bond donors (Lipinski definition) is 4. The van der Waals surface area contributed by atoms with Gasteiger partial charge in [0.15, 0.2) is 0 Å². The molecule has 2 aliphatic carbocycles. The van der Waals surface area contributed by atoms with Crippen LogP contribution in [0.5, 0.6) is 0 Å². The van der Waals surface area contributed by atoms with Crippen LogP contribution in [0.2, 0.25) is 0 Å². The van der Waals surface area contributed by atoms with E-state index < -0.39 is 58.7 Å². The molecule has 3 fully saturated rings. The lowest BCUT2D eigenvalue weighted by Crippen LogP contribution is -2.62. The molecule has 2 saturated carbocycles. The summed E-state index contributed by atoms with van der Waals surface area (Å²) < 4.78 is 1.54. The van der Waals surface area contributed by atoms with Gasteiger partial charge in [-0.1, -0.05) is 74.8 Å². The second kappa shape index (κ2) is 14.9. The highest BCUT2D eigenvalue weighted by molar-refractivity contribution is 6.39. The number of rotatable bonds is 11. The molecule has 5 N–H and O–H groups in total. The summed E-state index contributed by atoms with van der Waals surface area (Å²) in [5.74, 6) is -3.25. The van der Waals surface area contributed by atoms with Gasteiger partial charge in [0.25, 0.3) is 11.8 Å². The summed E-state index contributed by atoms with van der Waals surface area (Å²) >= 11 is 0. The quantitative estimate of drug-likeness (QED) is 0.217. The van der Waals surface area contributed by atoms with Crippen LogP contribution in [-0.4, -0.2) is 83.6 Å². The van der Waals surface area contributed by atoms with Gasteiger partial charge < -0.3 is 26.4 Å². The minimum absolute atomic E-state index is 0.0364. The van der Waals surface area contributed by atoms with Gasteiger partial charge in [-0.05, 0) is 51.2 Å². The van der Waals surface area contributed by atoms with Gasteiger partial charge in [-0.15, -0.1) is 5.10 Å². The predicted molar refractivity (Wildman–Crippen MR) is 187 cm³/mol. The summed E-state index contributed by atoms with van der Waals surface area (Å²) in [6, 6.07) is 6.61. The minimum atomic E-state index is -1.46. The Hall–Kier alpha value is -4.72. The number of nitrogens with one attached hydrogen (secondary N) is 2. The molecule has 272 valence electrons. The topological polar surface area (TPSA) is 202 Å². The summed E-state index contributed by atoms with van der Waals surface area (Å²) in [6.07, 6.45) is 11.1. The molecule has 3 heterocycles. The van der Waals surface area contributed by atoms with E-state index in [0.717, 1.165) is 49.4 Å². The standard InChI is InChI=1S/C37H48N8O6/c1-36(2,51)30-21-40-43-45(30)26-19-29(34(49)42-37(31(46)32(38)47)15-9-4-10-16-37)44(22-26)35(50)28(17-23-11-5-3-6-12-23)41-33(48)25-18-24-13-7-8-14-27(24)39-20-25/h7-8,13-14,18,20-21,23,26,28-29,51H,3-6,9-12,15-17,19,22H2,1-2H3,(H2,38,47)(H,41,48)(H,42,49)/t26-,28+,29-/m0/s1. The number of primary amides is 1. The van der Waals surface area contributed by atoms with Gasteiger partial charge in [0.1, 0.15) is 23.2 Å². The third-order valence-corrected chi connectivity index (χ3v) is 10.9. The molecule has 1 aromatic carbocycles. The van der Waals surface area contributed by atoms with Crippen LogP contribution in [0.25, 0.3) is 10.9 Å². The maximum absolute atomic E-state index is 14.8. The summed E-state index contributed by atoms with van der Waals surface area (Å²) in [4.78, 5) is 74.2. The number of benzene rings is 1. The van der Waals surface area contributed by atoms with Crippen molar-refractivity contribution in [1.29, 1.82) is 0 Å². The van der Waals surface area contributed by atoms with Crippen LogP contribution >= 0.6 is 0 Å². The molecule has 0 bridgehead atoms. The second-order valence-electron chi connectivity index (χ2n) is 15.0. The normalized spacial score (nSPS) is 21.6. The van der Waals surface area contributed by atoms with Crippen LogP contribution < -0.4 is 16.4 Å². The Bertz CT molecular complexity index is 1790. The van der Waals surface area contributed by atoms with Crippen molar-refractivity contribution in [2.75, 3.05) is 6.54 Å². The Kier molecular flexibility index (Phi) is 10.5. The molecule has 0 radical (unpaired) electrons. The number of likely N-dealkylation sites (tertiary alicyclic amines) is 1. The van der Waals surface area contributed by atoms with Gasteiger partial charge >= 0.3 is 0 Å². The van der Waals surface area contributed by atoms with E-state index in [2.05, 4.69) is 25.9 Å².